The van der Waals surface area contributed by atoms with Gasteiger partial charge in [0, 0.05) is 19.1 Å². The maximum atomic E-state index is 4.59. The van der Waals surface area contributed by atoms with Gasteiger partial charge in [-0.2, -0.15) is 0 Å². The lowest BCUT2D eigenvalue weighted by atomic mass is 10.1. The first-order valence-corrected chi connectivity index (χ1v) is 7.06. The normalized spacial score (nSPS) is 16.0. The van der Waals surface area contributed by atoms with E-state index in [4.69, 9.17) is 0 Å². The molecule has 1 aliphatic rings. The Labute approximate surface area is 118 Å². The van der Waals surface area contributed by atoms with Crippen LogP contribution in [0.5, 0.6) is 0 Å². The van der Waals surface area contributed by atoms with Gasteiger partial charge in [0.1, 0.15) is 6.33 Å². The van der Waals surface area contributed by atoms with E-state index in [1.165, 1.54) is 0 Å². The number of rotatable bonds is 4. The first-order valence-electron chi connectivity index (χ1n) is 7.06. The Hall–Kier alpha value is -1.95. The van der Waals surface area contributed by atoms with Gasteiger partial charge in [0.2, 0.25) is 0 Å². The summed E-state index contributed by atoms with van der Waals surface area (Å²) in [5, 5.41) is 11.4. The van der Waals surface area contributed by atoms with Crippen molar-refractivity contribution in [1.29, 1.82) is 0 Å². The molecule has 2 aromatic rings. The lowest BCUT2D eigenvalue weighted by Crippen LogP contribution is -2.33. The van der Waals surface area contributed by atoms with Crippen LogP contribution in [0.2, 0.25) is 0 Å². The highest BCUT2D eigenvalue weighted by Crippen LogP contribution is 2.21. The summed E-state index contributed by atoms with van der Waals surface area (Å²) in [5.74, 6) is 1.02. The summed E-state index contributed by atoms with van der Waals surface area (Å²) >= 11 is 0. The molecule has 0 fully saturated rings. The summed E-state index contributed by atoms with van der Waals surface area (Å²) in [7, 11) is 1.97. The first kappa shape index (κ1) is 13.1. The Bertz CT molecular complexity index is 557. The number of nitrogens with zero attached hydrogens (tertiary/aromatic N) is 5. The van der Waals surface area contributed by atoms with Gasteiger partial charge in [-0.25, -0.2) is 0 Å². The summed E-state index contributed by atoms with van der Waals surface area (Å²) in [6.45, 7) is 4.85. The summed E-state index contributed by atoms with van der Waals surface area (Å²) in [5.41, 5.74) is 2.24. The number of aromatic nitrogens is 4. The van der Waals surface area contributed by atoms with Crippen LogP contribution in [0, 0.1) is 0 Å². The number of fused-ring (bicyclic) bond motifs is 1. The minimum Gasteiger partial charge on any atom is -0.361 e. The van der Waals surface area contributed by atoms with E-state index < -0.39 is 0 Å². The van der Waals surface area contributed by atoms with Gasteiger partial charge in [-0.05, 0) is 25.6 Å². The second kappa shape index (κ2) is 5.58. The molecule has 0 radical (unpaired) electrons. The molecule has 2 aromatic heterocycles. The van der Waals surface area contributed by atoms with Crippen LogP contribution >= 0.6 is 0 Å². The molecule has 6 heteroatoms. The molecule has 0 spiro atoms. The van der Waals surface area contributed by atoms with Gasteiger partial charge in [-0.1, -0.05) is 6.92 Å². The molecule has 106 valence electrons. The van der Waals surface area contributed by atoms with E-state index in [1.807, 2.05) is 13.2 Å². The highest BCUT2D eigenvalue weighted by atomic mass is 15.3. The molecule has 3 heterocycles. The Morgan fingerprint density at radius 3 is 2.95 bits per heavy atom. The van der Waals surface area contributed by atoms with Gasteiger partial charge in [-0.15, -0.1) is 10.2 Å². The molecule has 1 N–H and O–H groups in total. The first-order chi connectivity index (χ1) is 9.81. The molecule has 1 unspecified atom stereocenters. The van der Waals surface area contributed by atoms with E-state index in [9.17, 15) is 0 Å². The smallest absolute Gasteiger partial charge is 0.152 e. The van der Waals surface area contributed by atoms with E-state index >= 15 is 0 Å². The largest absolute Gasteiger partial charge is 0.361 e. The molecule has 6 nitrogen and oxygen atoms in total. The minimum atomic E-state index is 0.327. The molecule has 0 aromatic carbocycles. The van der Waals surface area contributed by atoms with Gasteiger partial charge in [0.25, 0.3) is 0 Å². The fourth-order valence-electron chi connectivity index (χ4n) is 2.64. The zero-order valence-electron chi connectivity index (χ0n) is 12.0. The van der Waals surface area contributed by atoms with Crippen LogP contribution in [0.3, 0.4) is 0 Å². The van der Waals surface area contributed by atoms with Crippen molar-refractivity contribution in [3.63, 3.8) is 0 Å². The molecule has 0 bridgehead atoms. The van der Waals surface area contributed by atoms with Crippen molar-refractivity contribution in [2.45, 2.75) is 32.5 Å². The molecule has 1 atom stereocenters. The van der Waals surface area contributed by atoms with E-state index in [2.05, 4.69) is 49.0 Å². The molecule has 0 aliphatic carbocycles. The van der Waals surface area contributed by atoms with Gasteiger partial charge >= 0.3 is 0 Å². The van der Waals surface area contributed by atoms with Crippen molar-refractivity contribution in [3.05, 3.63) is 36.2 Å². The number of nitrogens with one attached hydrogen (secondary N) is 1. The maximum absolute atomic E-state index is 4.59. The predicted octanol–water partition coefficient (Wildman–Crippen LogP) is 1.36. The third-order valence-corrected chi connectivity index (χ3v) is 3.89. The third kappa shape index (κ3) is 2.38. The average Bonchev–Trinajstić information content (AvgIpc) is 2.96. The summed E-state index contributed by atoms with van der Waals surface area (Å²) in [4.78, 5) is 6.89. The van der Waals surface area contributed by atoms with Gasteiger partial charge in [0.15, 0.2) is 5.82 Å². The highest BCUT2D eigenvalue weighted by molar-refractivity contribution is 5.45. The lowest BCUT2D eigenvalue weighted by molar-refractivity contribution is 0.553. The molecular weight excluding hydrogens is 252 g/mol. The zero-order valence-corrected chi connectivity index (χ0v) is 12.0. The molecular formula is C14H20N6. The quantitative estimate of drug-likeness (QED) is 0.911. The van der Waals surface area contributed by atoms with E-state index in [0.717, 1.165) is 43.3 Å². The fourth-order valence-corrected chi connectivity index (χ4v) is 2.64. The van der Waals surface area contributed by atoms with Crippen LogP contribution in [0.25, 0.3) is 0 Å². The van der Waals surface area contributed by atoms with Crippen LogP contribution < -0.4 is 10.2 Å². The topological polar surface area (TPSA) is 58.9 Å². The molecule has 0 saturated carbocycles. The Morgan fingerprint density at radius 1 is 1.35 bits per heavy atom. The van der Waals surface area contributed by atoms with Gasteiger partial charge in [-0.3, -0.25) is 4.98 Å². The Balaban J connectivity index is 1.75. The Morgan fingerprint density at radius 2 is 2.25 bits per heavy atom. The van der Waals surface area contributed by atoms with Gasteiger partial charge < -0.3 is 14.8 Å². The lowest BCUT2D eigenvalue weighted by Gasteiger charge is -2.29. The van der Waals surface area contributed by atoms with Crippen molar-refractivity contribution in [2.75, 3.05) is 18.5 Å². The van der Waals surface area contributed by atoms with Crippen molar-refractivity contribution >= 4 is 5.69 Å². The summed E-state index contributed by atoms with van der Waals surface area (Å²) < 4.78 is 2.10. The van der Waals surface area contributed by atoms with Crippen LogP contribution in [0.1, 0.15) is 30.9 Å². The van der Waals surface area contributed by atoms with Crippen LogP contribution in [-0.4, -0.2) is 33.3 Å². The van der Waals surface area contributed by atoms with Crippen LogP contribution in [-0.2, 0) is 13.1 Å². The minimum absolute atomic E-state index is 0.327. The average molecular weight is 272 g/mol. The molecule has 0 saturated heterocycles. The SMILES string of the molecule is CCC(NC)c1ccc(N2CCn3cnnc3C2)cn1. The summed E-state index contributed by atoms with van der Waals surface area (Å²) in [6.07, 6.45) is 4.80. The standard InChI is InChI=1S/C14H20N6/c1-3-12(15-2)13-5-4-11(8-16-13)19-6-7-20-10-17-18-14(20)9-19/h4-5,8,10,12,15H,3,6-7,9H2,1-2H3. The monoisotopic (exact) mass is 272 g/mol. The van der Waals surface area contributed by atoms with Crippen molar-refractivity contribution in [1.82, 2.24) is 25.1 Å². The molecule has 1 aliphatic heterocycles. The highest BCUT2D eigenvalue weighted by Gasteiger charge is 2.18. The molecule has 3 rings (SSSR count). The van der Waals surface area contributed by atoms with Crippen molar-refractivity contribution < 1.29 is 0 Å². The van der Waals surface area contributed by atoms with Crippen molar-refractivity contribution in [2.24, 2.45) is 0 Å². The summed E-state index contributed by atoms with van der Waals surface area (Å²) in [6, 6.07) is 4.58. The van der Waals surface area contributed by atoms with Crippen LogP contribution in [0.15, 0.2) is 24.7 Å². The number of pyridine rings is 1. The zero-order chi connectivity index (χ0) is 13.9. The number of hydrogen-bond donors (Lipinski definition) is 1. The van der Waals surface area contributed by atoms with Crippen molar-refractivity contribution in [3.8, 4) is 0 Å². The second-order valence-corrected chi connectivity index (χ2v) is 5.05. The number of anilines is 1. The van der Waals surface area contributed by atoms with E-state index in [-0.39, 0.29) is 0 Å². The predicted molar refractivity (Wildman–Crippen MR) is 77.4 cm³/mol. The third-order valence-electron chi connectivity index (χ3n) is 3.89. The maximum Gasteiger partial charge on any atom is 0.152 e. The van der Waals surface area contributed by atoms with E-state index in [1.54, 1.807) is 6.33 Å². The second-order valence-electron chi connectivity index (χ2n) is 5.05. The molecule has 20 heavy (non-hydrogen) atoms. The number of hydrogen-bond acceptors (Lipinski definition) is 5. The Kier molecular flexibility index (Phi) is 3.64. The molecule has 0 amide bonds. The van der Waals surface area contributed by atoms with Crippen LogP contribution in [0.4, 0.5) is 5.69 Å². The van der Waals surface area contributed by atoms with E-state index in [0.29, 0.717) is 6.04 Å². The van der Waals surface area contributed by atoms with Gasteiger partial charge in [0.05, 0.1) is 24.1 Å². The fraction of sp³-hybridized carbons (Fsp3) is 0.500.